The van der Waals surface area contributed by atoms with Gasteiger partial charge in [0.15, 0.2) is 5.82 Å². The second kappa shape index (κ2) is 8.53. The first-order valence-electron chi connectivity index (χ1n) is 8.33. The van der Waals surface area contributed by atoms with E-state index < -0.39 is 0 Å². The van der Waals surface area contributed by atoms with E-state index >= 15 is 0 Å². The van der Waals surface area contributed by atoms with Crippen molar-refractivity contribution in [3.8, 4) is 6.07 Å². The molecule has 2 amide bonds. The Bertz CT molecular complexity index is 553. The maximum Gasteiger partial charge on any atom is 0.320 e. The fraction of sp³-hybridized carbons (Fsp3) is 0.688. The number of piperidine rings is 1. The fourth-order valence-electron chi connectivity index (χ4n) is 2.91. The summed E-state index contributed by atoms with van der Waals surface area (Å²) in [4.78, 5) is 14.5. The minimum absolute atomic E-state index is 0.205. The maximum atomic E-state index is 12.1. The van der Waals surface area contributed by atoms with Crippen LogP contribution in [0.1, 0.15) is 38.3 Å². The van der Waals surface area contributed by atoms with Gasteiger partial charge < -0.3 is 10.2 Å². The number of carbonyl (C=O) groups excluding carboxylic acids is 1. The van der Waals surface area contributed by atoms with Crippen molar-refractivity contribution in [1.29, 1.82) is 5.26 Å². The third kappa shape index (κ3) is 5.25. The van der Waals surface area contributed by atoms with Gasteiger partial charge >= 0.3 is 6.03 Å². The number of aryl methyl sites for hydroxylation is 2. The van der Waals surface area contributed by atoms with Crippen LogP contribution < -0.4 is 10.6 Å². The number of nitrogens with zero attached hydrogens (tertiary/aromatic N) is 4. The molecule has 126 valence electrons. The van der Waals surface area contributed by atoms with Gasteiger partial charge in [-0.2, -0.15) is 10.4 Å². The lowest BCUT2D eigenvalue weighted by molar-refractivity contribution is 0.196. The lowest BCUT2D eigenvalue weighted by Gasteiger charge is -2.31. The van der Waals surface area contributed by atoms with Crippen molar-refractivity contribution in [1.82, 2.24) is 20.0 Å². The molecule has 2 rings (SSSR count). The number of aromatic nitrogens is 2. The van der Waals surface area contributed by atoms with Crippen LogP contribution in [0, 0.1) is 18.3 Å². The number of anilines is 1. The van der Waals surface area contributed by atoms with Gasteiger partial charge in [-0.1, -0.05) is 6.92 Å². The normalized spacial score (nSPS) is 16.0. The second-order valence-corrected chi connectivity index (χ2v) is 6.02. The largest absolute Gasteiger partial charge is 0.335 e. The molecule has 0 radical (unpaired) electrons. The topological polar surface area (TPSA) is 86.0 Å². The number of carbonyl (C=O) groups is 1. The SMILES string of the molecule is CCCN1CCC(NC(=O)Nc2cc(C)n(CCC#N)n2)CC1. The molecule has 0 bridgehead atoms. The Kier molecular flexibility index (Phi) is 6.41. The Hall–Kier alpha value is -2.07. The molecule has 2 N–H and O–H groups in total. The Balaban J connectivity index is 1.78. The van der Waals surface area contributed by atoms with Crippen molar-refractivity contribution in [3.63, 3.8) is 0 Å². The average molecular weight is 318 g/mol. The number of rotatable bonds is 6. The number of hydrogen-bond donors (Lipinski definition) is 2. The summed E-state index contributed by atoms with van der Waals surface area (Å²) in [5, 5.41) is 18.7. The van der Waals surface area contributed by atoms with Crippen LogP contribution in [0.5, 0.6) is 0 Å². The quantitative estimate of drug-likeness (QED) is 0.841. The van der Waals surface area contributed by atoms with Crippen LogP contribution in [0.15, 0.2) is 6.07 Å². The maximum absolute atomic E-state index is 12.1. The van der Waals surface area contributed by atoms with Gasteiger partial charge in [0.1, 0.15) is 0 Å². The van der Waals surface area contributed by atoms with E-state index in [1.165, 1.54) is 6.42 Å². The summed E-state index contributed by atoms with van der Waals surface area (Å²) < 4.78 is 1.74. The molecule has 1 aromatic heterocycles. The molecule has 1 aliphatic heterocycles. The zero-order valence-corrected chi connectivity index (χ0v) is 14.0. The molecule has 7 nitrogen and oxygen atoms in total. The zero-order valence-electron chi connectivity index (χ0n) is 14.0. The first kappa shape index (κ1) is 17.3. The highest BCUT2D eigenvalue weighted by Crippen LogP contribution is 2.12. The van der Waals surface area contributed by atoms with Crippen LogP contribution in [0.25, 0.3) is 0 Å². The Labute approximate surface area is 137 Å². The average Bonchev–Trinajstić information content (AvgIpc) is 2.87. The number of urea groups is 1. The fourth-order valence-corrected chi connectivity index (χ4v) is 2.91. The molecule has 0 spiro atoms. The molecule has 0 atom stereocenters. The Morgan fingerprint density at radius 3 is 2.83 bits per heavy atom. The van der Waals surface area contributed by atoms with Crippen molar-refractivity contribution in [2.45, 2.75) is 52.1 Å². The van der Waals surface area contributed by atoms with E-state index in [2.05, 4.69) is 33.6 Å². The monoisotopic (exact) mass is 318 g/mol. The van der Waals surface area contributed by atoms with E-state index in [4.69, 9.17) is 5.26 Å². The van der Waals surface area contributed by atoms with E-state index in [0.717, 1.165) is 38.2 Å². The van der Waals surface area contributed by atoms with Crippen LogP contribution >= 0.6 is 0 Å². The third-order valence-corrected chi connectivity index (χ3v) is 4.12. The third-order valence-electron chi connectivity index (χ3n) is 4.12. The van der Waals surface area contributed by atoms with E-state index in [1.807, 2.05) is 13.0 Å². The summed E-state index contributed by atoms with van der Waals surface area (Å²) in [5.41, 5.74) is 0.934. The van der Waals surface area contributed by atoms with Crippen LogP contribution in [0.2, 0.25) is 0 Å². The van der Waals surface area contributed by atoms with Gasteiger partial charge in [-0.25, -0.2) is 4.79 Å². The summed E-state index contributed by atoms with van der Waals surface area (Å²) in [5.74, 6) is 0.529. The zero-order chi connectivity index (χ0) is 16.7. The molecule has 0 unspecified atom stereocenters. The van der Waals surface area contributed by atoms with Gasteiger partial charge in [0, 0.05) is 30.9 Å². The summed E-state index contributed by atoms with van der Waals surface area (Å²) in [7, 11) is 0. The molecule has 0 aliphatic carbocycles. The van der Waals surface area contributed by atoms with Gasteiger partial charge in [-0.15, -0.1) is 0 Å². The first-order valence-corrected chi connectivity index (χ1v) is 8.33. The van der Waals surface area contributed by atoms with Crippen molar-refractivity contribution >= 4 is 11.8 Å². The molecule has 23 heavy (non-hydrogen) atoms. The minimum atomic E-state index is -0.205. The summed E-state index contributed by atoms with van der Waals surface area (Å²) in [6.07, 6.45) is 3.56. The molecule has 2 heterocycles. The number of hydrogen-bond acceptors (Lipinski definition) is 4. The predicted molar refractivity (Wildman–Crippen MR) is 89.1 cm³/mol. The number of nitrogens with one attached hydrogen (secondary N) is 2. The predicted octanol–water partition coefficient (Wildman–Crippen LogP) is 2.10. The van der Waals surface area contributed by atoms with Crippen LogP contribution in [-0.2, 0) is 6.54 Å². The van der Waals surface area contributed by atoms with Crippen molar-refractivity contribution in [3.05, 3.63) is 11.8 Å². The van der Waals surface area contributed by atoms with Gasteiger partial charge in [-0.3, -0.25) is 10.00 Å². The van der Waals surface area contributed by atoms with E-state index in [9.17, 15) is 4.79 Å². The molecule has 0 saturated carbocycles. The van der Waals surface area contributed by atoms with Gasteiger partial charge in [0.2, 0.25) is 0 Å². The minimum Gasteiger partial charge on any atom is -0.335 e. The number of amides is 2. The Morgan fingerprint density at radius 2 is 2.17 bits per heavy atom. The van der Waals surface area contributed by atoms with E-state index in [1.54, 1.807) is 4.68 Å². The molecule has 1 aliphatic rings. The van der Waals surface area contributed by atoms with Gasteiger partial charge in [0.05, 0.1) is 19.0 Å². The Morgan fingerprint density at radius 1 is 1.43 bits per heavy atom. The standard InChI is InChI=1S/C16H26N6O/c1-3-8-21-10-5-14(6-11-21)18-16(23)19-15-12-13(2)22(20-15)9-4-7-17/h12,14H,3-6,8-11H2,1-2H3,(H2,18,19,20,23). The first-order chi connectivity index (χ1) is 11.1. The molecule has 1 aromatic rings. The molecular formula is C16H26N6O. The highest BCUT2D eigenvalue weighted by molar-refractivity contribution is 5.88. The van der Waals surface area contributed by atoms with E-state index in [-0.39, 0.29) is 12.1 Å². The van der Waals surface area contributed by atoms with Crippen molar-refractivity contribution < 1.29 is 4.79 Å². The summed E-state index contributed by atoms with van der Waals surface area (Å²) in [6, 6.07) is 3.94. The summed E-state index contributed by atoms with van der Waals surface area (Å²) in [6.45, 7) is 7.87. The van der Waals surface area contributed by atoms with Crippen molar-refractivity contribution in [2.75, 3.05) is 25.0 Å². The molecule has 0 aromatic carbocycles. The number of likely N-dealkylation sites (tertiary alicyclic amines) is 1. The van der Waals surface area contributed by atoms with Crippen LogP contribution in [0.3, 0.4) is 0 Å². The lowest BCUT2D eigenvalue weighted by Crippen LogP contribution is -2.46. The number of nitriles is 1. The van der Waals surface area contributed by atoms with Gasteiger partial charge in [0.25, 0.3) is 0 Å². The molecule has 1 saturated heterocycles. The smallest absolute Gasteiger partial charge is 0.320 e. The molecule has 7 heteroatoms. The van der Waals surface area contributed by atoms with E-state index in [0.29, 0.717) is 18.8 Å². The highest BCUT2D eigenvalue weighted by Gasteiger charge is 2.20. The van der Waals surface area contributed by atoms with Crippen molar-refractivity contribution in [2.24, 2.45) is 0 Å². The molecule has 1 fully saturated rings. The summed E-state index contributed by atoms with van der Waals surface area (Å²) >= 11 is 0. The second-order valence-electron chi connectivity index (χ2n) is 6.02. The lowest BCUT2D eigenvalue weighted by atomic mass is 10.1. The van der Waals surface area contributed by atoms with Crippen LogP contribution in [0.4, 0.5) is 10.6 Å². The van der Waals surface area contributed by atoms with Crippen LogP contribution in [-0.4, -0.2) is 46.4 Å². The van der Waals surface area contributed by atoms with Gasteiger partial charge in [-0.05, 0) is 32.7 Å². The highest BCUT2D eigenvalue weighted by atomic mass is 16.2. The molecular weight excluding hydrogens is 292 g/mol.